The van der Waals surface area contributed by atoms with Crippen molar-refractivity contribution < 1.29 is 9.53 Å². The third-order valence-corrected chi connectivity index (χ3v) is 5.11. The summed E-state index contributed by atoms with van der Waals surface area (Å²) in [6.45, 7) is 8.19. The molecule has 0 radical (unpaired) electrons. The molecule has 4 fully saturated rings. The van der Waals surface area contributed by atoms with Crippen LogP contribution in [0.1, 0.15) is 52.9 Å². The maximum Gasteiger partial charge on any atom is 0.312 e. The molecule has 3 aliphatic carbocycles. The van der Waals surface area contributed by atoms with E-state index in [4.69, 9.17) is 4.74 Å². The summed E-state index contributed by atoms with van der Waals surface area (Å²) >= 11 is 0. The van der Waals surface area contributed by atoms with Crippen molar-refractivity contribution in [3.05, 3.63) is 0 Å². The van der Waals surface area contributed by atoms with Gasteiger partial charge in [-0.05, 0) is 77.3 Å². The summed E-state index contributed by atoms with van der Waals surface area (Å²) in [5.41, 5.74) is 0.0889. The molecule has 102 valence electrons. The van der Waals surface area contributed by atoms with Crippen LogP contribution in [0.5, 0.6) is 0 Å². The highest BCUT2D eigenvalue weighted by molar-refractivity contribution is 5.81. The van der Waals surface area contributed by atoms with Crippen LogP contribution in [0.25, 0.3) is 0 Å². The van der Waals surface area contributed by atoms with E-state index in [1.165, 1.54) is 12.8 Å². The van der Waals surface area contributed by atoms with Gasteiger partial charge in [0.15, 0.2) is 0 Å². The van der Waals surface area contributed by atoms with Gasteiger partial charge in [-0.25, -0.2) is 0 Å². The number of piperidine rings is 1. The van der Waals surface area contributed by atoms with E-state index in [9.17, 15) is 4.79 Å². The molecule has 3 heteroatoms. The number of carbonyl (C=O) groups is 1. The molecular weight excluding hydrogens is 226 g/mol. The van der Waals surface area contributed by atoms with Gasteiger partial charge in [0.05, 0.1) is 5.41 Å². The van der Waals surface area contributed by atoms with Crippen LogP contribution in [0.4, 0.5) is 0 Å². The molecule has 0 atom stereocenters. The van der Waals surface area contributed by atoms with Gasteiger partial charge in [0.2, 0.25) is 0 Å². The Hall–Kier alpha value is -0.570. The summed E-state index contributed by atoms with van der Waals surface area (Å²) in [5.74, 6) is 0.911. The Morgan fingerprint density at radius 3 is 2.22 bits per heavy atom. The lowest BCUT2D eigenvalue weighted by atomic mass is 9.31. The van der Waals surface area contributed by atoms with E-state index in [0.717, 1.165) is 38.3 Å². The first-order valence-electron chi connectivity index (χ1n) is 7.30. The molecule has 2 bridgehead atoms. The SMILES string of the molecule is CC(C)(C)OC(=O)C12CC(C3CCNCC3)(C1)C2. The van der Waals surface area contributed by atoms with E-state index in [-0.39, 0.29) is 17.0 Å². The smallest absolute Gasteiger partial charge is 0.312 e. The second-order valence-electron chi connectivity index (χ2n) is 7.70. The van der Waals surface area contributed by atoms with Gasteiger partial charge in [-0.2, -0.15) is 0 Å². The number of rotatable bonds is 2. The highest BCUT2D eigenvalue weighted by Gasteiger charge is 2.74. The molecule has 0 amide bonds. The predicted molar refractivity (Wildman–Crippen MR) is 70.2 cm³/mol. The van der Waals surface area contributed by atoms with Crippen molar-refractivity contribution in [3.8, 4) is 0 Å². The molecule has 18 heavy (non-hydrogen) atoms. The molecule has 4 aliphatic rings. The van der Waals surface area contributed by atoms with Gasteiger partial charge in [-0.15, -0.1) is 0 Å². The van der Waals surface area contributed by atoms with E-state index in [1.807, 2.05) is 20.8 Å². The molecule has 0 aromatic carbocycles. The molecular formula is C15H25NO2. The van der Waals surface area contributed by atoms with Crippen molar-refractivity contribution in [2.24, 2.45) is 16.7 Å². The Balaban J connectivity index is 1.57. The average Bonchev–Trinajstić information content (AvgIpc) is 2.12. The van der Waals surface area contributed by atoms with E-state index in [0.29, 0.717) is 5.41 Å². The van der Waals surface area contributed by atoms with Crippen LogP contribution in [0.3, 0.4) is 0 Å². The maximum absolute atomic E-state index is 12.2. The van der Waals surface area contributed by atoms with Crippen LogP contribution < -0.4 is 5.32 Å². The molecule has 1 N–H and O–H groups in total. The van der Waals surface area contributed by atoms with Crippen molar-refractivity contribution in [2.75, 3.05) is 13.1 Å². The lowest BCUT2D eigenvalue weighted by Gasteiger charge is -2.72. The normalized spacial score (nSPS) is 39.7. The van der Waals surface area contributed by atoms with Crippen molar-refractivity contribution in [3.63, 3.8) is 0 Å². The molecule has 3 nitrogen and oxygen atoms in total. The Labute approximate surface area is 110 Å². The van der Waals surface area contributed by atoms with Crippen LogP contribution in [0, 0.1) is 16.7 Å². The number of hydrogen-bond acceptors (Lipinski definition) is 3. The lowest BCUT2D eigenvalue weighted by molar-refractivity contribution is -0.255. The Morgan fingerprint density at radius 1 is 1.17 bits per heavy atom. The number of ether oxygens (including phenoxy) is 1. The lowest BCUT2D eigenvalue weighted by Crippen LogP contribution is -2.69. The number of hydrogen-bond donors (Lipinski definition) is 1. The zero-order valence-electron chi connectivity index (χ0n) is 11.8. The summed E-state index contributed by atoms with van der Waals surface area (Å²) < 4.78 is 5.56. The van der Waals surface area contributed by atoms with Crippen LogP contribution in [0.2, 0.25) is 0 Å². The molecule has 4 rings (SSSR count). The standard InChI is InChI=1S/C15H25NO2/c1-13(2,3)18-12(17)15-8-14(9-15,10-15)11-4-6-16-7-5-11/h11,16H,4-10H2,1-3H3. The topological polar surface area (TPSA) is 38.3 Å². The van der Waals surface area contributed by atoms with Crippen molar-refractivity contribution in [1.29, 1.82) is 0 Å². The molecule has 0 aromatic heterocycles. The first-order chi connectivity index (χ1) is 8.35. The molecule has 1 saturated heterocycles. The zero-order chi connectivity index (χ0) is 13.0. The van der Waals surface area contributed by atoms with Gasteiger partial charge in [-0.1, -0.05) is 0 Å². The van der Waals surface area contributed by atoms with Crippen LogP contribution in [-0.4, -0.2) is 24.7 Å². The number of esters is 1. The van der Waals surface area contributed by atoms with Crippen molar-refractivity contribution >= 4 is 5.97 Å². The second kappa shape index (κ2) is 3.72. The second-order valence-corrected chi connectivity index (χ2v) is 7.70. The molecule has 1 aliphatic heterocycles. The van der Waals surface area contributed by atoms with Crippen molar-refractivity contribution in [2.45, 2.75) is 58.5 Å². The fourth-order valence-corrected chi connectivity index (χ4v) is 4.34. The minimum atomic E-state index is -0.339. The highest BCUT2D eigenvalue weighted by Crippen LogP contribution is 2.77. The number of nitrogens with one attached hydrogen (secondary N) is 1. The Bertz CT molecular complexity index is 343. The minimum absolute atomic E-state index is 0.0609. The molecule has 1 heterocycles. The monoisotopic (exact) mass is 251 g/mol. The van der Waals surface area contributed by atoms with Gasteiger partial charge in [0.1, 0.15) is 5.60 Å². The third kappa shape index (κ3) is 1.78. The van der Waals surface area contributed by atoms with Gasteiger partial charge in [0.25, 0.3) is 0 Å². The van der Waals surface area contributed by atoms with Crippen LogP contribution >= 0.6 is 0 Å². The van der Waals surface area contributed by atoms with Gasteiger partial charge in [-0.3, -0.25) is 4.79 Å². The highest BCUT2D eigenvalue weighted by atomic mass is 16.6. The fraction of sp³-hybridized carbons (Fsp3) is 0.933. The van der Waals surface area contributed by atoms with E-state index in [1.54, 1.807) is 0 Å². The average molecular weight is 251 g/mol. The largest absolute Gasteiger partial charge is 0.460 e. The summed E-state index contributed by atoms with van der Waals surface area (Å²) in [7, 11) is 0. The fourth-order valence-electron chi connectivity index (χ4n) is 4.34. The quantitative estimate of drug-likeness (QED) is 0.766. The minimum Gasteiger partial charge on any atom is -0.460 e. The summed E-state index contributed by atoms with van der Waals surface area (Å²) in [5, 5.41) is 3.42. The Kier molecular flexibility index (Phi) is 2.58. The van der Waals surface area contributed by atoms with Gasteiger partial charge >= 0.3 is 5.97 Å². The summed E-state index contributed by atoms with van der Waals surface area (Å²) in [6, 6.07) is 0. The van der Waals surface area contributed by atoms with Crippen LogP contribution in [-0.2, 0) is 9.53 Å². The molecule has 0 aromatic rings. The summed E-state index contributed by atoms with van der Waals surface area (Å²) in [6.07, 6.45) is 5.88. The molecule has 0 unspecified atom stereocenters. The first-order valence-corrected chi connectivity index (χ1v) is 7.30. The predicted octanol–water partition coefficient (Wildman–Crippen LogP) is 2.50. The third-order valence-electron chi connectivity index (χ3n) is 5.11. The molecule has 0 spiro atoms. The zero-order valence-corrected chi connectivity index (χ0v) is 11.8. The molecule has 3 saturated carbocycles. The van der Waals surface area contributed by atoms with E-state index < -0.39 is 0 Å². The first kappa shape index (κ1) is 12.5. The Morgan fingerprint density at radius 2 is 1.72 bits per heavy atom. The maximum atomic E-state index is 12.2. The van der Waals surface area contributed by atoms with Crippen LogP contribution in [0.15, 0.2) is 0 Å². The van der Waals surface area contributed by atoms with E-state index >= 15 is 0 Å². The van der Waals surface area contributed by atoms with Crippen molar-refractivity contribution in [1.82, 2.24) is 5.32 Å². The van der Waals surface area contributed by atoms with Gasteiger partial charge in [0, 0.05) is 0 Å². The van der Waals surface area contributed by atoms with E-state index in [2.05, 4.69) is 5.32 Å². The van der Waals surface area contributed by atoms with Gasteiger partial charge < -0.3 is 10.1 Å². The summed E-state index contributed by atoms with van der Waals surface area (Å²) in [4.78, 5) is 12.2. The number of carbonyl (C=O) groups excluding carboxylic acids is 1.